The van der Waals surface area contributed by atoms with Crippen LogP contribution in [0.15, 0.2) is 0 Å². The third kappa shape index (κ3) is 6.63. The largest absolute Gasteiger partial charge is 0.432 e. The normalized spacial score (nSPS) is 53.4. The molecule has 16 heteroatoms. The van der Waals surface area contributed by atoms with Crippen molar-refractivity contribution in [3.8, 4) is 0 Å². The van der Waals surface area contributed by atoms with Crippen molar-refractivity contribution in [3.05, 3.63) is 0 Å². The van der Waals surface area contributed by atoms with Gasteiger partial charge in [-0.2, -0.15) is 0 Å². The zero-order valence-electron chi connectivity index (χ0n) is 35.5. The molecule has 22 atom stereocenters. The summed E-state index contributed by atoms with van der Waals surface area (Å²) in [6.45, 7) is 11.1. The number of aliphatic hydroxyl groups excluding tert-OH is 10. The zero-order chi connectivity index (χ0) is 43.4. The van der Waals surface area contributed by atoms with Gasteiger partial charge in [0, 0.05) is 11.8 Å². The highest BCUT2D eigenvalue weighted by molar-refractivity contribution is 5.78. The Kier molecular flexibility index (Phi) is 12.3. The fraction of sp³-hybridized carbons (Fsp3) is 0.977. The number of fused-ring (bicyclic) bond motifs is 2. The molecule has 2 heterocycles. The van der Waals surface area contributed by atoms with Gasteiger partial charge >= 0.3 is 5.97 Å². The van der Waals surface area contributed by atoms with Crippen molar-refractivity contribution < 1.29 is 79.9 Å². The van der Waals surface area contributed by atoms with E-state index in [0.29, 0.717) is 25.2 Å². The van der Waals surface area contributed by atoms with Crippen LogP contribution in [0.2, 0.25) is 0 Å². The van der Waals surface area contributed by atoms with Gasteiger partial charge in [0.05, 0.1) is 43.0 Å². The van der Waals surface area contributed by atoms with Crippen molar-refractivity contribution in [2.45, 2.75) is 185 Å². The molecule has 0 aromatic rings. The SMILES string of the molecule is CC(C)[C@@](O)(CC[C@@H](C)[C@H]1CC[C@@]2(C)[C@@H]3CC[C@H]4[C@](C)(C(=O)O[C@@H]5O[C@H](CO)[C@@H](O)[C@H](O)[C@H]5O)[C@@H](O)C[C@H](O)[C@@]45C[C@@]35CC[C@]12C)COC1O[C@H](CO)[C@@H](O)[C@H](O)[C@H]1O. The van der Waals surface area contributed by atoms with Crippen LogP contribution in [-0.2, 0) is 23.7 Å². The van der Waals surface area contributed by atoms with Crippen molar-refractivity contribution in [2.24, 2.45) is 56.7 Å². The van der Waals surface area contributed by atoms with Crippen molar-refractivity contribution in [2.75, 3.05) is 19.8 Å². The third-order valence-electron chi connectivity index (χ3n) is 18.5. The highest BCUT2D eigenvalue weighted by atomic mass is 16.7. The molecule has 7 rings (SSSR count). The van der Waals surface area contributed by atoms with E-state index < -0.39 is 115 Å². The second-order valence-corrected chi connectivity index (χ2v) is 21.0. The molecular formula is C43H72O16. The van der Waals surface area contributed by atoms with Gasteiger partial charge < -0.3 is 75.1 Å². The Hall–Kier alpha value is -1.09. The first-order chi connectivity index (χ1) is 27.5. The Bertz CT molecular complexity index is 1530. The van der Waals surface area contributed by atoms with Crippen LogP contribution in [0.25, 0.3) is 0 Å². The minimum Gasteiger partial charge on any atom is -0.432 e. The first-order valence-electron chi connectivity index (χ1n) is 22.1. The van der Waals surface area contributed by atoms with Crippen LogP contribution in [0.1, 0.15) is 106 Å². The molecule has 2 saturated heterocycles. The standard InChI is InChI=1S/C43H72O16/c1-20(2)42(55,19-56-35-33(52)31(50)29(48)23(16-44)57-35)12-9-21(3)22-10-11-39(5)25-7-8-26-40(6,37(54)59-36-34(53)32(51)30(49)24(17-45)58-36)27(46)15-28(47)43(26)18-41(25,43)14-13-38(22,39)4/h20-36,44-53,55H,7-19H2,1-6H3/t21-,22-,23-,24-,25+,26+,27+,28+,29-,30-,31+,32+,33-,34-,35?,36+,38-,39+,40+,41+,42-,43-/m1/s1. The number of aliphatic hydroxyl groups is 11. The summed E-state index contributed by atoms with van der Waals surface area (Å²) >= 11 is 0. The van der Waals surface area contributed by atoms with Crippen LogP contribution in [0, 0.1) is 56.7 Å². The molecule has 7 aliphatic rings. The molecule has 0 radical (unpaired) electrons. The molecule has 11 N–H and O–H groups in total. The number of hydrogen-bond acceptors (Lipinski definition) is 16. The van der Waals surface area contributed by atoms with Crippen molar-refractivity contribution in [1.82, 2.24) is 0 Å². The van der Waals surface area contributed by atoms with Crippen LogP contribution in [0.3, 0.4) is 0 Å². The lowest BCUT2D eigenvalue weighted by Gasteiger charge is -2.63. The first kappa shape index (κ1) is 45.9. The molecule has 7 fully saturated rings. The molecule has 0 aromatic carbocycles. The van der Waals surface area contributed by atoms with Gasteiger partial charge in [0.15, 0.2) is 6.29 Å². The summed E-state index contributed by atoms with van der Waals surface area (Å²) in [5.74, 6) is -0.624. The predicted octanol–water partition coefficient (Wildman–Crippen LogP) is -0.300. The fourth-order valence-corrected chi connectivity index (χ4v) is 14.3. The number of carbonyl (C=O) groups excluding carboxylic acids is 1. The Morgan fingerprint density at radius 3 is 1.90 bits per heavy atom. The van der Waals surface area contributed by atoms with Crippen LogP contribution >= 0.6 is 0 Å². The summed E-state index contributed by atoms with van der Waals surface area (Å²) < 4.78 is 22.6. The van der Waals surface area contributed by atoms with Gasteiger partial charge in [-0.15, -0.1) is 0 Å². The molecule has 0 amide bonds. The predicted molar refractivity (Wildman–Crippen MR) is 206 cm³/mol. The smallest absolute Gasteiger partial charge is 0.317 e. The van der Waals surface area contributed by atoms with Crippen molar-refractivity contribution in [3.63, 3.8) is 0 Å². The Balaban J connectivity index is 1.05. The maximum absolute atomic E-state index is 14.2. The average molecular weight is 845 g/mol. The summed E-state index contributed by atoms with van der Waals surface area (Å²) in [4.78, 5) is 14.2. The number of rotatable bonds is 12. The summed E-state index contributed by atoms with van der Waals surface area (Å²) in [6.07, 6.45) is -10.3. The van der Waals surface area contributed by atoms with Crippen LogP contribution in [0.4, 0.5) is 0 Å². The molecule has 59 heavy (non-hydrogen) atoms. The Labute approximate surface area is 346 Å². The molecule has 2 aliphatic heterocycles. The monoisotopic (exact) mass is 844 g/mol. The molecular weight excluding hydrogens is 772 g/mol. The molecule has 0 aromatic heterocycles. The average Bonchev–Trinajstić information content (AvgIpc) is 3.82. The summed E-state index contributed by atoms with van der Waals surface area (Å²) in [5.41, 5.74) is -3.74. The van der Waals surface area contributed by atoms with Crippen LogP contribution in [0.5, 0.6) is 0 Å². The maximum Gasteiger partial charge on any atom is 0.317 e. The van der Waals surface area contributed by atoms with E-state index in [0.717, 1.165) is 38.5 Å². The molecule has 5 saturated carbocycles. The summed E-state index contributed by atoms with van der Waals surface area (Å²) in [7, 11) is 0. The third-order valence-corrected chi connectivity index (χ3v) is 18.5. The second kappa shape index (κ2) is 15.9. The number of carbonyl (C=O) groups is 1. The van der Waals surface area contributed by atoms with Crippen molar-refractivity contribution >= 4 is 5.97 Å². The van der Waals surface area contributed by atoms with E-state index >= 15 is 0 Å². The zero-order valence-corrected chi connectivity index (χ0v) is 35.5. The van der Waals surface area contributed by atoms with Gasteiger partial charge in [-0.05, 0) is 111 Å². The molecule has 0 bridgehead atoms. The summed E-state index contributed by atoms with van der Waals surface area (Å²) in [5, 5.41) is 117. The molecule has 16 nitrogen and oxygen atoms in total. The van der Waals surface area contributed by atoms with E-state index in [1.807, 2.05) is 13.8 Å². The van der Waals surface area contributed by atoms with E-state index in [1.165, 1.54) is 0 Å². The highest BCUT2D eigenvalue weighted by Gasteiger charge is 2.86. The highest BCUT2D eigenvalue weighted by Crippen LogP contribution is 2.89. The molecule has 2 spiro atoms. The van der Waals surface area contributed by atoms with Crippen LogP contribution < -0.4 is 0 Å². The van der Waals surface area contributed by atoms with Gasteiger partial charge in [-0.25, -0.2) is 0 Å². The Morgan fingerprint density at radius 2 is 1.31 bits per heavy atom. The number of hydrogen-bond donors (Lipinski definition) is 11. The quantitative estimate of drug-likeness (QED) is 0.113. The molecule has 340 valence electrons. The van der Waals surface area contributed by atoms with Crippen LogP contribution in [-0.4, -0.2) is 161 Å². The van der Waals surface area contributed by atoms with Gasteiger partial charge in [-0.3, -0.25) is 4.79 Å². The lowest BCUT2D eigenvalue weighted by molar-refractivity contribution is -0.310. The minimum atomic E-state index is -1.78. The molecule has 5 aliphatic carbocycles. The second-order valence-electron chi connectivity index (χ2n) is 21.0. The van der Waals surface area contributed by atoms with E-state index in [2.05, 4.69) is 20.8 Å². The van der Waals surface area contributed by atoms with E-state index in [-0.39, 0.29) is 47.0 Å². The lowest BCUT2D eigenvalue weighted by Crippen LogP contribution is -2.65. The van der Waals surface area contributed by atoms with E-state index in [4.69, 9.17) is 18.9 Å². The van der Waals surface area contributed by atoms with Gasteiger partial charge in [-0.1, -0.05) is 34.6 Å². The fourth-order valence-electron chi connectivity index (χ4n) is 14.3. The molecule has 1 unspecified atom stereocenters. The Morgan fingerprint density at radius 1 is 0.729 bits per heavy atom. The lowest BCUT2D eigenvalue weighted by atomic mass is 9.41. The van der Waals surface area contributed by atoms with Gasteiger partial charge in [0.25, 0.3) is 0 Å². The van der Waals surface area contributed by atoms with E-state index in [9.17, 15) is 61.0 Å². The van der Waals surface area contributed by atoms with Crippen molar-refractivity contribution in [1.29, 1.82) is 0 Å². The minimum absolute atomic E-state index is 0.0161. The topological polar surface area (TPSA) is 277 Å². The first-order valence-corrected chi connectivity index (χ1v) is 22.1. The maximum atomic E-state index is 14.2. The van der Waals surface area contributed by atoms with Gasteiger partial charge in [0.1, 0.15) is 48.8 Å². The summed E-state index contributed by atoms with van der Waals surface area (Å²) in [6, 6.07) is 0. The number of ether oxygens (including phenoxy) is 4. The number of esters is 1. The van der Waals surface area contributed by atoms with E-state index in [1.54, 1.807) is 6.92 Å². The van der Waals surface area contributed by atoms with Gasteiger partial charge in [0.2, 0.25) is 6.29 Å².